The Hall–Kier alpha value is -1.31. The summed E-state index contributed by atoms with van der Waals surface area (Å²) in [4.78, 5) is 0. The minimum absolute atomic E-state index is 1.03. The highest BCUT2D eigenvalue weighted by Gasteiger charge is 2.05. The van der Waals surface area contributed by atoms with Crippen molar-refractivity contribution in [2.75, 3.05) is 0 Å². The van der Waals surface area contributed by atoms with Gasteiger partial charge in [0, 0.05) is 5.69 Å². The Balaban J connectivity index is 2.87. The topological polar surface area (TPSA) is 17.3 Å². The number of fused-ring (bicyclic) bond motifs is 1. The van der Waals surface area contributed by atoms with E-state index in [1.165, 1.54) is 22.3 Å². The SMILES string of the molecule is CCc1ccc(C)c2c(C)cnn12. The molecule has 0 aromatic carbocycles. The molecule has 0 aliphatic heterocycles. The van der Waals surface area contributed by atoms with Gasteiger partial charge in [0.05, 0.1) is 11.7 Å². The molecule has 13 heavy (non-hydrogen) atoms. The number of aromatic nitrogens is 2. The Morgan fingerprint density at radius 2 is 2.00 bits per heavy atom. The van der Waals surface area contributed by atoms with Crippen LogP contribution in [0.2, 0.25) is 0 Å². The van der Waals surface area contributed by atoms with E-state index < -0.39 is 0 Å². The molecular weight excluding hydrogens is 160 g/mol. The zero-order valence-corrected chi connectivity index (χ0v) is 8.33. The average Bonchev–Trinajstić information content (AvgIpc) is 2.50. The lowest BCUT2D eigenvalue weighted by molar-refractivity contribution is 0.862. The maximum Gasteiger partial charge on any atom is 0.0723 e. The van der Waals surface area contributed by atoms with Crippen LogP contribution in [0.3, 0.4) is 0 Å². The van der Waals surface area contributed by atoms with Gasteiger partial charge in [0.1, 0.15) is 0 Å². The van der Waals surface area contributed by atoms with Crippen molar-refractivity contribution in [3.8, 4) is 0 Å². The van der Waals surface area contributed by atoms with Gasteiger partial charge in [0.2, 0.25) is 0 Å². The summed E-state index contributed by atoms with van der Waals surface area (Å²) in [7, 11) is 0. The summed E-state index contributed by atoms with van der Waals surface area (Å²) in [6, 6.07) is 4.32. The van der Waals surface area contributed by atoms with E-state index in [2.05, 4.69) is 38.0 Å². The van der Waals surface area contributed by atoms with Crippen molar-refractivity contribution in [1.29, 1.82) is 0 Å². The van der Waals surface area contributed by atoms with Gasteiger partial charge in [-0.1, -0.05) is 13.0 Å². The third kappa shape index (κ3) is 1.13. The molecule has 0 aliphatic carbocycles. The van der Waals surface area contributed by atoms with Crippen molar-refractivity contribution in [3.05, 3.63) is 35.2 Å². The number of hydrogen-bond acceptors (Lipinski definition) is 1. The molecule has 0 unspecified atom stereocenters. The fraction of sp³-hybridized carbons (Fsp3) is 0.364. The smallest absolute Gasteiger partial charge is 0.0723 e. The van der Waals surface area contributed by atoms with Gasteiger partial charge in [-0.05, 0) is 37.5 Å². The van der Waals surface area contributed by atoms with E-state index >= 15 is 0 Å². The molecule has 0 bridgehead atoms. The van der Waals surface area contributed by atoms with E-state index in [-0.39, 0.29) is 0 Å². The van der Waals surface area contributed by atoms with Crippen LogP contribution < -0.4 is 0 Å². The number of aryl methyl sites for hydroxylation is 3. The maximum atomic E-state index is 4.37. The van der Waals surface area contributed by atoms with Crippen molar-refractivity contribution >= 4 is 5.52 Å². The molecule has 68 valence electrons. The van der Waals surface area contributed by atoms with Crippen LogP contribution in [0, 0.1) is 13.8 Å². The van der Waals surface area contributed by atoms with Gasteiger partial charge in [0.25, 0.3) is 0 Å². The van der Waals surface area contributed by atoms with Crippen molar-refractivity contribution in [1.82, 2.24) is 9.61 Å². The molecular formula is C11H14N2. The highest BCUT2D eigenvalue weighted by molar-refractivity contribution is 5.59. The van der Waals surface area contributed by atoms with Crippen LogP contribution >= 0.6 is 0 Å². The van der Waals surface area contributed by atoms with Gasteiger partial charge in [0.15, 0.2) is 0 Å². The molecule has 0 amide bonds. The molecule has 2 aromatic rings. The molecule has 2 aromatic heterocycles. The minimum atomic E-state index is 1.03. The predicted octanol–water partition coefficient (Wildman–Crippen LogP) is 2.51. The number of hydrogen-bond donors (Lipinski definition) is 0. The highest BCUT2D eigenvalue weighted by Crippen LogP contribution is 2.16. The van der Waals surface area contributed by atoms with Gasteiger partial charge in [-0.15, -0.1) is 0 Å². The van der Waals surface area contributed by atoms with Crippen molar-refractivity contribution < 1.29 is 0 Å². The summed E-state index contributed by atoms with van der Waals surface area (Å²) >= 11 is 0. The molecule has 0 saturated heterocycles. The molecule has 0 fully saturated rings. The quantitative estimate of drug-likeness (QED) is 0.649. The summed E-state index contributed by atoms with van der Waals surface area (Å²) in [5.74, 6) is 0. The Morgan fingerprint density at radius 3 is 2.69 bits per heavy atom. The van der Waals surface area contributed by atoms with E-state index in [9.17, 15) is 0 Å². The van der Waals surface area contributed by atoms with Gasteiger partial charge in [-0.3, -0.25) is 0 Å². The number of rotatable bonds is 1. The number of pyridine rings is 1. The van der Waals surface area contributed by atoms with Crippen LogP contribution in [0.15, 0.2) is 18.3 Å². The Morgan fingerprint density at radius 1 is 1.23 bits per heavy atom. The Bertz CT molecular complexity index is 441. The standard InChI is InChI=1S/C11H14N2/c1-4-10-6-5-8(2)11-9(3)7-12-13(10)11/h5-7H,4H2,1-3H3. The molecule has 0 aliphatic rings. The molecule has 0 N–H and O–H groups in total. The third-order valence-electron chi connectivity index (χ3n) is 2.49. The summed E-state index contributed by atoms with van der Waals surface area (Å²) in [6.07, 6.45) is 2.96. The van der Waals surface area contributed by atoms with Crippen LogP contribution in [0.25, 0.3) is 5.52 Å². The van der Waals surface area contributed by atoms with E-state index in [0.29, 0.717) is 0 Å². The summed E-state index contributed by atoms with van der Waals surface area (Å²) < 4.78 is 2.05. The van der Waals surface area contributed by atoms with Gasteiger partial charge in [-0.2, -0.15) is 5.10 Å². The zero-order valence-electron chi connectivity index (χ0n) is 8.33. The van der Waals surface area contributed by atoms with Crippen LogP contribution in [0.1, 0.15) is 23.7 Å². The average molecular weight is 174 g/mol. The van der Waals surface area contributed by atoms with Crippen LogP contribution in [0.4, 0.5) is 0 Å². The molecule has 2 nitrogen and oxygen atoms in total. The summed E-state index contributed by atoms with van der Waals surface area (Å²) in [6.45, 7) is 6.39. The molecule has 0 saturated carbocycles. The molecule has 2 heterocycles. The first-order chi connectivity index (χ1) is 6.24. The monoisotopic (exact) mass is 174 g/mol. The first-order valence-electron chi connectivity index (χ1n) is 4.67. The molecule has 2 heteroatoms. The van der Waals surface area contributed by atoms with Crippen LogP contribution in [0.5, 0.6) is 0 Å². The van der Waals surface area contributed by atoms with Crippen molar-refractivity contribution in [3.63, 3.8) is 0 Å². The number of nitrogens with zero attached hydrogens (tertiary/aromatic N) is 2. The lowest BCUT2D eigenvalue weighted by Crippen LogP contribution is -1.97. The van der Waals surface area contributed by atoms with Gasteiger partial charge >= 0.3 is 0 Å². The molecule has 0 atom stereocenters. The molecule has 0 spiro atoms. The lowest BCUT2D eigenvalue weighted by atomic mass is 10.1. The maximum absolute atomic E-state index is 4.37. The van der Waals surface area contributed by atoms with Gasteiger partial charge in [-0.25, -0.2) is 4.52 Å². The third-order valence-corrected chi connectivity index (χ3v) is 2.49. The summed E-state index contributed by atoms with van der Waals surface area (Å²) in [5.41, 5.74) is 5.09. The second-order valence-electron chi connectivity index (χ2n) is 3.45. The van der Waals surface area contributed by atoms with Crippen molar-refractivity contribution in [2.45, 2.75) is 27.2 Å². The van der Waals surface area contributed by atoms with E-state index in [4.69, 9.17) is 0 Å². The second kappa shape index (κ2) is 2.87. The molecule has 0 radical (unpaired) electrons. The predicted molar refractivity (Wildman–Crippen MR) is 54.0 cm³/mol. The lowest BCUT2D eigenvalue weighted by Gasteiger charge is -2.04. The zero-order chi connectivity index (χ0) is 9.42. The minimum Gasteiger partial charge on any atom is -0.237 e. The molecule has 2 rings (SSSR count). The summed E-state index contributed by atoms with van der Waals surface area (Å²) in [5, 5.41) is 4.37. The van der Waals surface area contributed by atoms with Crippen molar-refractivity contribution in [2.24, 2.45) is 0 Å². The normalized spacial score (nSPS) is 11.0. The Kier molecular flexibility index (Phi) is 1.83. The Labute approximate surface area is 78.2 Å². The fourth-order valence-corrected chi connectivity index (χ4v) is 1.76. The van der Waals surface area contributed by atoms with Crippen LogP contribution in [-0.2, 0) is 6.42 Å². The second-order valence-corrected chi connectivity index (χ2v) is 3.45. The fourth-order valence-electron chi connectivity index (χ4n) is 1.76. The first-order valence-corrected chi connectivity index (χ1v) is 4.67. The first kappa shape index (κ1) is 8.30. The van der Waals surface area contributed by atoms with E-state index in [0.717, 1.165) is 6.42 Å². The largest absolute Gasteiger partial charge is 0.237 e. The van der Waals surface area contributed by atoms with E-state index in [1.54, 1.807) is 0 Å². The van der Waals surface area contributed by atoms with Gasteiger partial charge < -0.3 is 0 Å². The highest BCUT2D eigenvalue weighted by atomic mass is 15.2. The van der Waals surface area contributed by atoms with Crippen LogP contribution in [-0.4, -0.2) is 9.61 Å². The van der Waals surface area contributed by atoms with E-state index in [1.807, 2.05) is 10.7 Å².